The maximum absolute atomic E-state index is 11.7. The largest absolute Gasteiger partial charge is 0.493 e. The van der Waals surface area contributed by atoms with E-state index in [9.17, 15) is 4.79 Å². The summed E-state index contributed by atoms with van der Waals surface area (Å²) in [5, 5.41) is 4.59. The van der Waals surface area contributed by atoms with Gasteiger partial charge in [-0.2, -0.15) is 4.98 Å². The van der Waals surface area contributed by atoms with E-state index in [-0.39, 0.29) is 6.54 Å². The van der Waals surface area contributed by atoms with Gasteiger partial charge in [0.2, 0.25) is 11.7 Å². The summed E-state index contributed by atoms with van der Waals surface area (Å²) in [4.78, 5) is 25.4. The van der Waals surface area contributed by atoms with Crippen LogP contribution < -0.4 is 9.47 Å². The Balaban J connectivity index is 1.68. The Bertz CT molecular complexity index is 1270. The standard InChI is InChI=1S/C25H26N4O5S/c1-15-28-24(29-34-15)17-7-5-16(6-8-17)13-26-22(25(35-4)27-14-21(30)32-3)19-11-18-9-10-33-23(18)20(12-19)31-2/h5-8,11-12H,9-10,13-14H2,1-4H3. The summed E-state index contributed by atoms with van der Waals surface area (Å²) in [6, 6.07) is 11.8. The number of hydrogen-bond donors (Lipinski definition) is 0. The smallest absolute Gasteiger partial charge is 0.327 e. The molecule has 0 N–H and O–H groups in total. The number of ether oxygens (including phenoxy) is 3. The van der Waals surface area contributed by atoms with Crippen molar-refractivity contribution >= 4 is 28.5 Å². The first-order valence-corrected chi connectivity index (χ1v) is 12.2. The molecule has 0 atom stereocenters. The molecule has 3 aromatic rings. The van der Waals surface area contributed by atoms with Gasteiger partial charge in [0.25, 0.3) is 0 Å². The van der Waals surface area contributed by atoms with Gasteiger partial charge in [-0.3, -0.25) is 14.8 Å². The number of carbonyl (C=O) groups is 1. The first kappa shape index (κ1) is 24.5. The van der Waals surface area contributed by atoms with Crippen LogP contribution in [0.3, 0.4) is 0 Å². The van der Waals surface area contributed by atoms with Crippen LogP contribution in [0.1, 0.15) is 22.6 Å². The lowest BCUT2D eigenvalue weighted by molar-refractivity contribution is -0.138. The first-order valence-electron chi connectivity index (χ1n) is 11.0. The summed E-state index contributed by atoms with van der Waals surface area (Å²) in [7, 11) is 2.96. The van der Waals surface area contributed by atoms with Crippen LogP contribution >= 0.6 is 11.8 Å². The zero-order valence-corrected chi connectivity index (χ0v) is 20.8. The molecule has 0 radical (unpaired) electrons. The number of benzene rings is 2. The molecule has 4 rings (SSSR count). The fourth-order valence-electron chi connectivity index (χ4n) is 3.63. The number of esters is 1. The van der Waals surface area contributed by atoms with Crippen LogP contribution in [-0.2, 0) is 22.5 Å². The number of fused-ring (bicyclic) bond motifs is 1. The van der Waals surface area contributed by atoms with Gasteiger partial charge in [0, 0.05) is 30.0 Å². The minimum Gasteiger partial charge on any atom is -0.493 e. The van der Waals surface area contributed by atoms with Gasteiger partial charge >= 0.3 is 5.97 Å². The van der Waals surface area contributed by atoms with Gasteiger partial charge in [0.05, 0.1) is 33.1 Å². The predicted octanol–water partition coefficient (Wildman–Crippen LogP) is 3.91. The van der Waals surface area contributed by atoms with E-state index < -0.39 is 5.97 Å². The van der Waals surface area contributed by atoms with Gasteiger partial charge < -0.3 is 18.7 Å². The molecular weight excluding hydrogens is 468 g/mol. The molecule has 2 heterocycles. The van der Waals surface area contributed by atoms with Crippen LogP contribution in [0.2, 0.25) is 0 Å². The second kappa shape index (κ2) is 11.2. The number of rotatable bonds is 8. The molecule has 35 heavy (non-hydrogen) atoms. The van der Waals surface area contributed by atoms with Crippen molar-refractivity contribution in [3.05, 3.63) is 59.0 Å². The third-order valence-corrected chi connectivity index (χ3v) is 6.09. The number of hydrogen-bond acceptors (Lipinski definition) is 10. The Morgan fingerprint density at radius 3 is 2.63 bits per heavy atom. The molecule has 9 nitrogen and oxygen atoms in total. The van der Waals surface area contributed by atoms with Gasteiger partial charge in [-0.25, -0.2) is 0 Å². The summed E-state index contributed by atoms with van der Waals surface area (Å²) < 4.78 is 21.1. The molecule has 0 fully saturated rings. The van der Waals surface area contributed by atoms with Crippen molar-refractivity contribution in [1.29, 1.82) is 0 Å². The SMILES string of the molecule is COC(=O)CN=C(SC)C(=NCc1ccc(-c2noc(C)n2)cc1)c1cc2c(c(OC)c1)OCC2. The van der Waals surface area contributed by atoms with Crippen molar-refractivity contribution in [1.82, 2.24) is 10.1 Å². The van der Waals surface area contributed by atoms with Crippen LogP contribution in [-0.4, -0.2) is 60.5 Å². The molecule has 0 amide bonds. The predicted molar refractivity (Wildman–Crippen MR) is 135 cm³/mol. The van der Waals surface area contributed by atoms with Crippen LogP contribution in [0.15, 0.2) is 50.9 Å². The van der Waals surface area contributed by atoms with E-state index in [4.69, 9.17) is 23.7 Å². The van der Waals surface area contributed by atoms with Crippen molar-refractivity contribution in [3.8, 4) is 22.9 Å². The number of aliphatic imine (C=N–C) groups is 2. The second-order valence-corrected chi connectivity index (χ2v) is 8.46. The highest BCUT2D eigenvalue weighted by Gasteiger charge is 2.22. The van der Waals surface area contributed by atoms with Gasteiger partial charge in [-0.1, -0.05) is 29.4 Å². The van der Waals surface area contributed by atoms with E-state index in [0.29, 0.717) is 41.4 Å². The third-order valence-electron chi connectivity index (χ3n) is 5.38. The Hall–Kier alpha value is -3.66. The Morgan fingerprint density at radius 1 is 1.17 bits per heavy atom. The van der Waals surface area contributed by atoms with Gasteiger partial charge in [0.15, 0.2) is 11.5 Å². The van der Waals surface area contributed by atoms with Crippen LogP contribution in [0.4, 0.5) is 0 Å². The van der Waals surface area contributed by atoms with E-state index in [1.54, 1.807) is 14.0 Å². The summed E-state index contributed by atoms with van der Waals surface area (Å²) in [5.41, 5.74) is 4.44. The topological polar surface area (TPSA) is 108 Å². The normalized spacial score (nSPS) is 13.4. The van der Waals surface area contributed by atoms with Crippen molar-refractivity contribution in [2.24, 2.45) is 9.98 Å². The van der Waals surface area contributed by atoms with E-state index in [0.717, 1.165) is 34.4 Å². The van der Waals surface area contributed by atoms with Crippen LogP contribution in [0.5, 0.6) is 11.5 Å². The maximum Gasteiger partial charge on any atom is 0.327 e. The van der Waals surface area contributed by atoms with Crippen LogP contribution in [0.25, 0.3) is 11.4 Å². The minimum atomic E-state index is -0.414. The highest BCUT2D eigenvalue weighted by Crippen LogP contribution is 2.37. The maximum atomic E-state index is 11.7. The number of thioether (sulfide) groups is 1. The van der Waals surface area contributed by atoms with Crippen molar-refractivity contribution in [3.63, 3.8) is 0 Å². The monoisotopic (exact) mass is 494 g/mol. The van der Waals surface area contributed by atoms with E-state index in [1.807, 2.05) is 36.6 Å². The molecule has 0 bridgehead atoms. The Labute approximate surface area is 207 Å². The number of aromatic nitrogens is 2. The summed E-state index contributed by atoms with van der Waals surface area (Å²) in [5.74, 6) is 2.06. The summed E-state index contributed by atoms with van der Waals surface area (Å²) >= 11 is 1.42. The second-order valence-electron chi connectivity index (χ2n) is 7.67. The zero-order chi connectivity index (χ0) is 24.8. The Kier molecular flexibility index (Phi) is 7.81. The highest BCUT2D eigenvalue weighted by atomic mass is 32.2. The van der Waals surface area contributed by atoms with Gasteiger partial charge in [-0.05, 0) is 24.0 Å². The number of carbonyl (C=O) groups excluding carboxylic acids is 1. The lowest BCUT2D eigenvalue weighted by Gasteiger charge is -2.13. The molecule has 0 saturated heterocycles. The van der Waals surface area contributed by atoms with Crippen molar-refractivity contribution < 1.29 is 23.5 Å². The molecule has 0 aliphatic carbocycles. The van der Waals surface area contributed by atoms with Gasteiger partial charge in [-0.15, -0.1) is 11.8 Å². The van der Waals surface area contributed by atoms with Crippen LogP contribution in [0, 0.1) is 6.92 Å². The average molecular weight is 495 g/mol. The van der Waals surface area contributed by atoms with Crippen molar-refractivity contribution in [2.45, 2.75) is 19.9 Å². The molecule has 1 aliphatic heterocycles. The fraction of sp³-hybridized carbons (Fsp3) is 0.320. The molecule has 182 valence electrons. The zero-order valence-electron chi connectivity index (χ0n) is 20.0. The molecule has 1 aliphatic rings. The molecule has 0 spiro atoms. The van der Waals surface area contributed by atoms with E-state index in [2.05, 4.69) is 21.2 Å². The van der Waals surface area contributed by atoms with Gasteiger partial charge in [0.1, 0.15) is 11.6 Å². The number of methoxy groups -OCH3 is 2. The number of aryl methyl sites for hydroxylation is 1. The molecular formula is C25H26N4O5S. The Morgan fingerprint density at radius 2 is 1.97 bits per heavy atom. The average Bonchev–Trinajstić information content (AvgIpc) is 3.54. The van der Waals surface area contributed by atoms with E-state index in [1.165, 1.54) is 18.9 Å². The third kappa shape index (κ3) is 5.71. The molecule has 10 heteroatoms. The highest BCUT2D eigenvalue weighted by molar-refractivity contribution is 8.15. The first-order chi connectivity index (χ1) is 17.0. The fourth-order valence-corrected chi connectivity index (χ4v) is 4.20. The lowest BCUT2D eigenvalue weighted by atomic mass is 10.0. The molecule has 1 aromatic heterocycles. The van der Waals surface area contributed by atoms with E-state index >= 15 is 0 Å². The molecule has 0 saturated carbocycles. The summed E-state index contributed by atoms with van der Waals surface area (Å²) in [6.07, 6.45) is 2.69. The number of nitrogens with zero attached hydrogens (tertiary/aromatic N) is 4. The van der Waals surface area contributed by atoms with Crippen molar-refractivity contribution in [2.75, 3.05) is 33.6 Å². The minimum absolute atomic E-state index is 0.0876. The lowest BCUT2D eigenvalue weighted by Crippen LogP contribution is -2.16. The summed E-state index contributed by atoms with van der Waals surface area (Å²) in [6.45, 7) is 2.69. The molecule has 0 unspecified atom stereocenters. The molecule has 2 aromatic carbocycles. The quantitative estimate of drug-likeness (QED) is 0.263.